The summed E-state index contributed by atoms with van der Waals surface area (Å²) in [6.45, 7) is 12.2. The molecule has 0 aliphatic heterocycles. The topological polar surface area (TPSA) is 109 Å². The first-order chi connectivity index (χ1) is 19.8. The number of ketones is 2. The fraction of sp³-hybridized carbons (Fsp3) is 0.900. The number of rotatable bonds is 30. The molecule has 1 amide bonds. The molecule has 0 spiro atoms. The van der Waals surface area contributed by atoms with E-state index in [0.29, 0.717) is 65.7 Å². The molecule has 0 aromatic heterocycles. The second kappa shape index (κ2) is 28.1. The number of carbonyl (C=O) groups is 3. The maximum absolute atomic E-state index is 13.3. The van der Waals surface area contributed by atoms with Crippen molar-refractivity contribution in [2.75, 3.05) is 90.1 Å². The molecule has 242 valence electrons. The lowest BCUT2D eigenvalue weighted by atomic mass is 9.89. The molecule has 0 aliphatic carbocycles. The number of Topliss-reactive ketones (excluding diaryl/α,β-unsaturated/α-hetero) is 2. The smallest absolute Gasteiger partial charge is 0.223 e. The van der Waals surface area contributed by atoms with E-state index in [2.05, 4.69) is 5.32 Å². The van der Waals surface area contributed by atoms with Crippen molar-refractivity contribution in [2.45, 2.75) is 65.8 Å². The molecule has 0 saturated carbocycles. The van der Waals surface area contributed by atoms with Gasteiger partial charge in [0, 0.05) is 44.0 Å². The Hall–Kier alpha value is -0.690. The monoisotopic (exact) mass is 623 g/mol. The number of thioether (sulfide) groups is 2. The van der Waals surface area contributed by atoms with Crippen LogP contribution < -0.4 is 5.32 Å². The highest BCUT2D eigenvalue weighted by Gasteiger charge is 2.28. The molecule has 0 rings (SSSR count). The second-order valence-corrected chi connectivity index (χ2v) is 12.8. The van der Waals surface area contributed by atoms with Gasteiger partial charge in [0.1, 0.15) is 5.78 Å². The Morgan fingerprint density at radius 2 is 1.22 bits per heavy atom. The molecule has 1 N–H and O–H groups in total. The Labute approximate surface area is 257 Å². The minimum absolute atomic E-state index is 0.0210. The Bertz CT molecular complexity index is 668. The average Bonchev–Trinajstić information content (AvgIpc) is 2.93. The summed E-state index contributed by atoms with van der Waals surface area (Å²) >= 11 is 3.49. The van der Waals surface area contributed by atoms with Crippen LogP contribution in [0.1, 0.15) is 59.8 Å². The van der Waals surface area contributed by atoms with E-state index in [4.69, 9.17) is 23.7 Å². The molecule has 1 unspecified atom stereocenters. The van der Waals surface area contributed by atoms with Crippen molar-refractivity contribution in [3.05, 3.63) is 0 Å². The van der Waals surface area contributed by atoms with E-state index in [1.54, 1.807) is 44.7 Å². The predicted octanol–water partition coefficient (Wildman–Crippen LogP) is 4.30. The molecular weight excluding hydrogens is 566 g/mol. The summed E-state index contributed by atoms with van der Waals surface area (Å²) in [5.41, 5.74) is 0. The Morgan fingerprint density at radius 3 is 1.73 bits per heavy atom. The summed E-state index contributed by atoms with van der Waals surface area (Å²) in [6.07, 6.45) is 2.88. The number of methoxy groups -OCH3 is 2. The third-order valence-electron chi connectivity index (χ3n) is 6.50. The summed E-state index contributed by atoms with van der Waals surface area (Å²) in [4.78, 5) is 38.7. The molecule has 0 bridgehead atoms. The van der Waals surface area contributed by atoms with Crippen molar-refractivity contribution in [3.8, 4) is 0 Å². The number of hydrogen-bond donors (Lipinski definition) is 1. The fourth-order valence-corrected chi connectivity index (χ4v) is 5.82. The fourth-order valence-electron chi connectivity index (χ4n) is 3.99. The largest absolute Gasteiger partial charge is 0.384 e. The van der Waals surface area contributed by atoms with Crippen LogP contribution >= 0.6 is 23.5 Å². The molecule has 3 atom stereocenters. The van der Waals surface area contributed by atoms with Gasteiger partial charge in [0.25, 0.3) is 0 Å². The minimum atomic E-state index is -0.556. The van der Waals surface area contributed by atoms with Gasteiger partial charge in [-0.05, 0) is 50.0 Å². The zero-order valence-corrected chi connectivity index (χ0v) is 28.0. The number of ether oxygens (including phenoxy) is 5. The van der Waals surface area contributed by atoms with Crippen LogP contribution in [0.25, 0.3) is 0 Å². The zero-order chi connectivity index (χ0) is 30.7. The summed E-state index contributed by atoms with van der Waals surface area (Å²) in [7, 11) is 3.32. The average molecular weight is 624 g/mol. The van der Waals surface area contributed by atoms with Gasteiger partial charge in [-0.2, -0.15) is 23.5 Å². The van der Waals surface area contributed by atoms with Gasteiger partial charge < -0.3 is 29.0 Å². The van der Waals surface area contributed by atoms with E-state index in [0.717, 1.165) is 35.9 Å². The molecule has 0 aromatic carbocycles. The van der Waals surface area contributed by atoms with Gasteiger partial charge >= 0.3 is 0 Å². The minimum Gasteiger partial charge on any atom is -0.384 e. The lowest BCUT2D eigenvalue weighted by Gasteiger charge is -2.24. The van der Waals surface area contributed by atoms with E-state index >= 15 is 0 Å². The van der Waals surface area contributed by atoms with Gasteiger partial charge in [-0.1, -0.05) is 20.8 Å². The summed E-state index contributed by atoms with van der Waals surface area (Å²) in [5, 5.41) is 3.04. The highest BCUT2D eigenvalue weighted by Crippen LogP contribution is 2.20. The van der Waals surface area contributed by atoms with Crippen molar-refractivity contribution >= 4 is 41.0 Å². The standard InChI is InChI=1S/C30H57NO8S2/c1-7-26(8-18-40-20-16-36-6)30(34)31-28(22-24(2)3)29(33)23-27(25(4)32)9-19-41-21-17-39-15-14-38-13-12-37-11-10-35-5/h24,26-28H,7-23H2,1-6H3,(H,31,34)/t26-,27?,28-/m0/s1. The lowest BCUT2D eigenvalue weighted by molar-refractivity contribution is -0.132. The quantitative estimate of drug-likeness (QED) is 0.116. The van der Waals surface area contributed by atoms with Crippen LogP contribution in [0.15, 0.2) is 0 Å². The van der Waals surface area contributed by atoms with E-state index in [-0.39, 0.29) is 41.6 Å². The molecule has 41 heavy (non-hydrogen) atoms. The Balaban J connectivity index is 4.43. The summed E-state index contributed by atoms with van der Waals surface area (Å²) in [5.74, 6) is 3.08. The maximum atomic E-state index is 13.3. The Kier molecular flexibility index (Phi) is 27.6. The molecule has 11 heteroatoms. The van der Waals surface area contributed by atoms with Crippen LogP contribution in [0, 0.1) is 17.8 Å². The summed E-state index contributed by atoms with van der Waals surface area (Å²) < 4.78 is 26.4. The van der Waals surface area contributed by atoms with Crippen molar-refractivity contribution in [1.82, 2.24) is 5.32 Å². The molecule has 0 aromatic rings. The van der Waals surface area contributed by atoms with Gasteiger partial charge in [-0.25, -0.2) is 0 Å². The number of amides is 1. The van der Waals surface area contributed by atoms with Crippen molar-refractivity contribution in [3.63, 3.8) is 0 Å². The maximum Gasteiger partial charge on any atom is 0.223 e. The van der Waals surface area contributed by atoms with Gasteiger partial charge in [-0.3, -0.25) is 14.4 Å². The molecule has 0 saturated heterocycles. The molecule has 0 aliphatic rings. The van der Waals surface area contributed by atoms with Crippen LogP contribution in [-0.2, 0) is 38.1 Å². The molecule has 0 heterocycles. The van der Waals surface area contributed by atoms with E-state index in [9.17, 15) is 14.4 Å². The van der Waals surface area contributed by atoms with Crippen LogP contribution in [0.2, 0.25) is 0 Å². The van der Waals surface area contributed by atoms with E-state index in [1.165, 1.54) is 0 Å². The second-order valence-electron chi connectivity index (χ2n) is 10.4. The van der Waals surface area contributed by atoms with Gasteiger partial charge in [-0.15, -0.1) is 0 Å². The lowest BCUT2D eigenvalue weighted by Crippen LogP contribution is -2.45. The molecule has 9 nitrogen and oxygen atoms in total. The van der Waals surface area contributed by atoms with Crippen molar-refractivity contribution < 1.29 is 38.1 Å². The van der Waals surface area contributed by atoms with Crippen molar-refractivity contribution in [2.24, 2.45) is 17.8 Å². The first kappa shape index (κ1) is 40.3. The molecular formula is C30H57NO8S2. The predicted molar refractivity (Wildman–Crippen MR) is 169 cm³/mol. The third kappa shape index (κ3) is 23.4. The van der Waals surface area contributed by atoms with Gasteiger partial charge in [0.05, 0.1) is 58.9 Å². The summed E-state index contributed by atoms with van der Waals surface area (Å²) in [6, 6.07) is -0.556. The third-order valence-corrected chi connectivity index (χ3v) is 8.46. The first-order valence-electron chi connectivity index (χ1n) is 15.0. The van der Waals surface area contributed by atoms with E-state index < -0.39 is 6.04 Å². The van der Waals surface area contributed by atoms with Crippen LogP contribution in [0.5, 0.6) is 0 Å². The zero-order valence-electron chi connectivity index (χ0n) is 26.4. The van der Waals surface area contributed by atoms with Crippen LogP contribution in [0.4, 0.5) is 0 Å². The first-order valence-corrected chi connectivity index (χ1v) is 17.3. The SMILES string of the molecule is CC[C@@H](CCSCCOC)C(=O)N[C@@H](CC(C)C)C(=O)CC(CCSCCOCCOCCOCCOC)C(C)=O. The van der Waals surface area contributed by atoms with E-state index in [1.807, 2.05) is 20.8 Å². The van der Waals surface area contributed by atoms with Crippen molar-refractivity contribution in [1.29, 1.82) is 0 Å². The normalized spacial score (nSPS) is 13.7. The molecule has 0 fully saturated rings. The van der Waals surface area contributed by atoms with Gasteiger partial charge in [0.15, 0.2) is 5.78 Å². The van der Waals surface area contributed by atoms with Gasteiger partial charge in [0.2, 0.25) is 5.91 Å². The Morgan fingerprint density at radius 1 is 0.707 bits per heavy atom. The molecule has 0 radical (unpaired) electrons. The number of hydrogen-bond acceptors (Lipinski definition) is 10. The number of carbonyl (C=O) groups excluding carboxylic acids is 3. The number of nitrogens with one attached hydrogen (secondary N) is 1. The van der Waals surface area contributed by atoms with Crippen LogP contribution in [-0.4, -0.2) is 114 Å². The highest BCUT2D eigenvalue weighted by molar-refractivity contribution is 7.99. The van der Waals surface area contributed by atoms with Crippen LogP contribution in [0.3, 0.4) is 0 Å². The highest BCUT2D eigenvalue weighted by atomic mass is 32.2.